The van der Waals surface area contributed by atoms with Gasteiger partial charge in [-0.2, -0.15) is 0 Å². The van der Waals surface area contributed by atoms with Gasteiger partial charge in [0.25, 0.3) is 0 Å². The fraction of sp³-hybridized carbons (Fsp3) is 0.875. The molecule has 0 saturated carbocycles. The average Bonchev–Trinajstić information content (AvgIpc) is 2.48. The minimum Gasteiger partial charge on any atom is -0.339 e. The molecule has 1 rings (SSSR count). The van der Waals surface area contributed by atoms with Crippen molar-refractivity contribution in [1.29, 1.82) is 0 Å². The Balaban J connectivity index is 0.00000441. The van der Waals surface area contributed by atoms with E-state index in [1.54, 1.807) is 0 Å². The molecule has 0 atom stereocenters. The molecule has 0 unspecified atom stereocenters. The highest BCUT2D eigenvalue weighted by Gasteiger charge is 2.39. The Morgan fingerprint density at radius 1 is 0.909 bits per heavy atom. The maximum absolute atomic E-state index is 12.7. The van der Waals surface area contributed by atoms with Crippen LogP contribution in [-0.2, 0) is 9.59 Å². The van der Waals surface area contributed by atoms with Gasteiger partial charge >= 0.3 is 0 Å². The Hall–Kier alpha value is -0.810. The Kier molecular flexibility index (Phi) is 7.86. The molecule has 1 saturated heterocycles. The fourth-order valence-corrected chi connectivity index (χ4v) is 2.85. The Labute approximate surface area is 141 Å². The second-order valence-electron chi connectivity index (χ2n) is 7.03. The van der Waals surface area contributed by atoms with Gasteiger partial charge in [-0.3, -0.25) is 9.59 Å². The van der Waals surface area contributed by atoms with Crippen LogP contribution in [0.1, 0.15) is 47.5 Å². The number of hydrogen-bond donors (Lipinski definition) is 1. The van der Waals surface area contributed by atoms with Crippen LogP contribution in [0.25, 0.3) is 0 Å². The molecule has 130 valence electrons. The predicted octanol–water partition coefficient (Wildman–Crippen LogP) is 1.89. The first-order valence-electron chi connectivity index (χ1n) is 8.00. The number of rotatable bonds is 4. The molecule has 2 amide bonds. The second kappa shape index (κ2) is 8.16. The van der Waals surface area contributed by atoms with Gasteiger partial charge in [0.05, 0.1) is 5.41 Å². The van der Waals surface area contributed by atoms with E-state index in [1.165, 1.54) is 0 Å². The highest BCUT2D eigenvalue weighted by atomic mass is 35.5. The SMILES string of the molecule is CCC(CC)(CN)C(=O)N1CCN(C(=O)C(C)(C)C)CC1.Cl. The Morgan fingerprint density at radius 3 is 1.55 bits per heavy atom. The van der Waals surface area contributed by atoms with Crippen molar-refractivity contribution in [2.24, 2.45) is 16.6 Å². The molecule has 1 aliphatic heterocycles. The number of piperazine rings is 1. The van der Waals surface area contributed by atoms with Crippen molar-refractivity contribution in [3.05, 3.63) is 0 Å². The van der Waals surface area contributed by atoms with E-state index in [2.05, 4.69) is 0 Å². The molecule has 0 radical (unpaired) electrons. The van der Waals surface area contributed by atoms with E-state index in [1.807, 2.05) is 44.4 Å². The summed E-state index contributed by atoms with van der Waals surface area (Å²) in [5.41, 5.74) is 5.06. The highest BCUT2D eigenvalue weighted by Crippen LogP contribution is 2.28. The van der Waals surface area contributed by atoms with Crippen molar-refractivity contribution >= 4 is 24.2 Å². The summed E-state index contributed by atoms with van der Waals surface area (Å²) in [6.07, 6.45) is 1.53. The maximum Gasteiger partial charge on any atom is 0.230 e. The molecular formula is C16H32ClN3O2. The van der Waals surface area contributed by atoms with Crippen molar-refractivity contribution in [3.8, 4) is 0 Å². The summed E-state index contributed by atoms with van der Waals surface area (Å²) >= 11 is 0. The Bertz CT molecular complexity index is 373. The van der Waals surface area contributed by atoms with Crippen molar-refractivity contribution < 1.29 is 9.59 Å². The van der Waals surface area contributed by atoms with E-state index in [-0.39, 0.29) is 29.6 Å². The summed E-state index contributed by atoms with van der Waals surface area (Å²) in [5.74, 6) is 0.309. The predicted molar refractivity (Wildman–Crippen MR) is 91.9 cm³/mol. The number of hydrogen-bond acceptors (Lipinski definition) is 3. The summed E-state index contributed by atoms with van der Waals surface area (Å²) in [4.78, 5) is 28.7. The number of nitrogens with zero attached hydrogens (tertiary/aromatic N) is 2. The average molecular weight is 334 g/mol. The quantitative estimate of drug-likeness (QED) is 0.854. The van der Waals surface area contributed by atoms with Crippen LogP contribution < -0.4 is 5.73 Å². The van der Waals surface area contributed by atoms with Crippen LogP contribution in [-0.4, -0.2) is 54.3 Å². The third-order valence-electron chi connectivity index (χ3n) is 4.69. The molecule has 2 N–H and O–H groups in total. The second-order valence-corrected chi connectivity index (χ2v) is 7.03. The van der Waals surface area contributed by atoms with Crippen LogP contribution >= 0.6 is 12.4 Å². The van der Waals surface area contributed by atoms with Crippen molar-refractivity contribution in [3.63, 3.8) is 0 Å². The zero-order chi connectivity index (χ0) is 16.3. The molecule has 5 nitrogen and oxygen atoms in total. The lowest BCUT2D eigenvalue weighted by atomic mass is 9.80. The van der Waals surface area contributed by atoms with Gasteiger partial charge in [-0.25, -0.2) is 0 Å². The number of carbonyl (C=O) groups excluding carboxylic acids is 2. The molecule has 0 spiro atoms. The lowest BCUT2D eigenvalue weighted by Gasteiger charge is -2.41. The van der Waals surface area contributed by atoms with Crippen molar-refractivity contribution in [1.82, 2.24) is 9.80 Å². The van der Waals surface area contributed by atoms with Gasteiger partial charge in [0, 0.05) is 38.1 Å². The molecule has 6 heteroatoms. The van der Waals surface area contributed by atoms with Crippen LogP contribution in [0.3, 0.4) is 0 Å². The Morgan fingerprint density at radius 2 is 1.27 bits per heavy atom. The first-order valence-corrected chi connectivity index (χ1v) is 8.00. The molecule has 1 heterocycles. The molecule has 1 aliphatic rings. The van der Waals surface area contributed by atoms with Gasteiger partial charge in [-0.05, 0) is 12.8 Å². The molecule has 0 bridgehead atoms. The summed E-state index contributed by atoms with van der Waals surface area (Å²) in [7, 11) is 0. The normalized spacial score (nSPS) is 16.3. The molecule has 0 aromatic carbocycles. The number of nitrogens with two attached hydrogens (primary N) is 1. The molecular weight excluding hydrogens is 302 g/mol. The van der Waals surface area contributed by atoms with Crippen LogP contribution in [0, 0.1) is 10.8 Å². The van der Waals surface area contributed by atoms with Crippen molar-refractivity contribution in [2.45, 2.75) is 47.5 Å². The van der Waals surface area contributed by atoms with E-state index in [0.717, 1.165) is 12.8 Å². The summed E-state index contributed by atoms with van der Waals surface area (Å²) in [6, 6.07) is 0. The molecule has 1 fully saturated rings. The minimum absolute atomic E-state index is 0. The number of carbonyl (C=O) groups is 2. The minimum atomic E-state index is -0.434. The van der Waals surface area contributed by atoms with E-state index in [4.69, 9.17) is 5.73 Å². The lowest BCUT2D eigenvalue weighted by molar-refractivity contribution is -0.149. The third kappa shape index (κ3) is 4.35. The van der Waals surface area contributed by atoms with Gasteiger partial charge in [0.2, 0.25) is 11.8 Å². The summed E-state index contributed by atoms with van der Waals surface area (Å²) in [6.45, 7) is 12.7. The van der Waals surface area contributed by atoms with E-state index < -0.39 is 5.41 Å². The first kappa shape index (κ1) is 21.2. The number of amides is 2. The van der Waals surface area contributed by atoms with E-state index in [9.17, 15) is 9.59 Å². The van der Waals surface area contributed by atoms with Crippen LogP contribution in [0.5, 0.6) is 0 Å². The van der Waals surface area contributed by atoms with Crippen LogP contribution in [0.15, 0.2) is 0 Å². The first-order chi connectivity index (χ1) is 9.71. The fourth-order valence-electron chi connectivity index (χ4n) is 2.85. The van der Waals surface area contributed by atoms with Gasteiger partial charge in [-0.1, -0.05) is 34.6 Å². The van der Waals surface area contributed by atoms with Gasteiger partial charge < -0.3 is 15.5 Å². The molecule has 0 aliphatic carbocycles. The topological polar surface area (TPSA) is 66.6 Å². The van der Waals surface area contributed by atoms with Gasteiger partial charge in [0.1, 0.15) is 0 Å². The smallest absolute Gasteiger partial charge is 0.230 e. The monoisotopic (exact) mass is 333 g/mol. The highest BCUT2D eigenvalue weighted by molar-refractivity contribution is 5.85. The zero-order valence-corrected chi connectivity index (χ0v) is 15.5. The van der Waals surface area contributed by atoms with Gasteiger partial charge in [-0.15, -0.1) is 12.4 Å². The van der Waals surface area contributed by atoms with Crippen LogP contribution in [0.2, 0.25) is 0 Å². The van der Waals surface area contributed by atoms with Crippen molar-refractivity contribution in [2.75, 3.05) is 32.7 Å². The van der Waals surface area contributed by atoms with E-state index >= 15 is 0 Å². The van der Waals surface area contributed by atoms with Crippen LogP contribution in [0.4, 0.5) is 0 Å². The summed E-state index contributed by atoms with van der Waals surface area (Å²) < 4.78 is 0. The maximum atomic E-state index is 12.7. The standard InChI is InChI=1S/C16H31N3O2.ClH/c1-6-16(7-2,12-17)14(21)19-10-8-18(9-11-19)13(20)15(3,4)5;/h6-12,17H2,1-5H3;1H. The third-order valence-corrected chi connectivity index (χ3v) is 4.69. The molecule has 22 heavy (non-hydrogen) atoms. The zero-order valence-electron chi connectivity index (χ0n) is 14.6. The molecule has 0 aromatic rings. The summed E-state index contributed by atoms with van der Waals surface area (Å²) in [5, 5.41) is 0. The molecule has 0 aromatic heterocycles. The van der Waals surface area contributed by atoms with Gasteiger partial charge in [0.15, 0.2) is 0 Å². The largest absolute Gasteiger partial charge is 0.339 e. The lowest BCUT2D eigenvalue weighted by Crippen LogP contribution is -2.57. The van der Waals surface area contributed by atoms with E-state index in [0.29, 0.717) is 32.7 Å². The number of halogens is 1.